The van der Waals surface area contributed by atoms with Crippen molar-refractivity contribution in [2.75, 3.05) is 10.2 Å². The first-order chi connectivity index (χ1) is 14.3. The van der Waals surface area contributed by atoms with E-state index >= 15 is 0 Å². The van der Waals surface area contributed by atoms with Gasteiger partial charge in [-0.15, -0.1) is 0 Å². The Hall–Kier alpha value is -3.36. The molecule has 1 atom stereocenters. The van der Waals surface area contributed by atoms with Gasteiger partial charge in [0.05, 0.1) is 28.7 Å². The largest absolute Gasteiger partial charge is 0.418 e. The highest BCUT2D eigenvalue weighted by Gasteiger charge is 2.47. The first-order valence-electron chi connectivity index (χ1n) is 9.60. The number of carbonyl (C=O) groups excluding carboxylic acids is 2. The van der Waals surface area contributed by atoms with E-state index in [4.69, 9.17) is 0 Å². The predicted octanol–water partition coefficient (Wildman–Crippen LogP) is 4.13. The third-order valence-corrected chi connectivity index (χ3v) is 5.42. The maximum absolute atomic E-state index is 13.2. The van der Waals surface area contributed by atoms with Crippen molar-refractivity contribution in [2.45, 2.75) is 37.5 Å². The molecule has 3 aromatic rings. The number of imidazole rings is 1. The van der Waals surface area contributed by atoms with Crippen LogP contribution in [0.4, 0.5) is 24.8 Å². The molecule has 2 aromatic carbocycles. The molecule has 1 saturated carbocycles. The van der Waals surface area contributed by atoms with Crippen LogP contribution in [0, 0.1) is 0 Å². The number of amides is 2. The molecule has 1 aliphatic heterocycles. The van der Waals surface area contributed by atoms with Crippen LogP contribution < -0.4 is 10.2 Å². The van der Waals surface area contributed by atoms with Gasteiger partial charge in [-0.2, -0.15) is 13.2 Å². The lowest BCUT2D eigenvalue weighted by Crippen LogP contribution is -2.33. The van der Waals surface area contributed by atoms with Crippen LogP contribution in [0.2, 0.25) is 0 Å². The summed E-state index contributed by atoms with van der Waals surface area (Å²) in [6.45, 7) is 0. The van der Waals surface area contributed by atoms with Crippen molar-refractivity contribution >= 4 is 34.5 Å². The van der Waals surface area contributed by atoms with Crippen molar-refractivity contribution in [1.29, 1.82) is 0 Å². The molecule has 0 radical (unpaired) electrons. The number of carbonyl (C=O) groups is 2. The number of rotatable bonds is 4. The number of nitrogens with one attached hydrogen (secondary N) is 1. The number of nitrogens with zero attached hydrogens (tertiary/aromatic N) is 3. The van der Waals surface area contributed by atoms with Gasteiger partial charge in [0.25, 0.3) is 5.91 Å². The Morgan fingerprint density at radius 1 is 1.10 bits per heavy atom. The number of anilines is 2. The van der Waals surface area contributed by atoms with Crippen LogP contribution in [0.3, 0.4) is 0 Å². The summed E-state index contributed by atoms with van der Waals surface area (Å²) in [5, 5.41) is 2.33. The average Bonchev–Trinajstić information content (AvgIpc) is 3.40. The van der Waals surface area contributed by atoms with E-state index in [-0.39, 0.29) is 24.1 Å². The van der Waals surface area contributed by atoms with Gasteiger partial charge in [-0.1, -0.05) is 24.3 Å². The Kier molecular flexibility index (Phi) is 4.09. The van der Waals surface area contributed by atoms with E-state index in [1.54, 1.807) is 9.47 Å². The highest BCUT2D eigenvalue weighted by molar-refractivity contribution is 6.05. The molecular weight excluding hydrogens is 397 g/mol. The molecule has 2 aliphatic rings. The van der Waals surface area contributed by atoms with Crippen LogP contribution in [0.15, 0.2) is 48.5 Å². The molecule has 2 heterocycles. The van der Waals surface area contributed by atoms with Crippen LogP contribution in [0.25, 0.3) is 11.0 Å². The molecule has 1 aliphatic carbocycles. The molecule has 0 saturated heterocycles. The molecule has 9 heteroatoms. The molecule has 0 bridgehead atoms. The normalized spacial score (nSPS) is 18.7. The summed E-state index contributed by atoms with van der Waals surface area (Å²) in [5.41, 5.74) is 0.177. The van der Waals surface area contributed by atoms with Crippen LogP contribution >= 0.6 is 0 Å². The third kappa shape index (κ3) is 3.01. The van der Waals surface area contributed by atoms with E-state index in [0.717, 1.165) is 24.4 Å². The molecule has 1 fully saturated rings. The van der Waals surface area contributed by atoms with Crippen molar-refractivity contribution in [3.8, 4) is 0 Å². The molecule has 30 heavy (non-hydrogen) atoms. The summed E-state index contributed by atoms with van der Waals surface area (Å²) in [6.07, 6.45) is -3.13. The second-order valence-electron chi connectivity index (χ2n) is 7.52. The Morgan fingerprint density at radius 3 is 2.53 bits per heavy atom. The average molecular weight is 414 g/mol. The highest BCUT2D eigenvalue weighted by Crippen LogP contribution is 2.42. The lowest BCUT2D eigenvalue weighted by atomic mass is 10.1. The molecular formula is C21H17F3N4O2. The van der Waals surface area contributed by atoms with Crippen LogP contribution in [-0.2, 0) is 15.8 Å². The van der Waals surface area contributed by atoms with E-state index in [0.29, 0.717) is 11.5 Å². The fraction of sp³-hybridized carbons (Fsp3) is 0.286. The Bertz CT molecular complexity index is 1170. The van der Waals surface area contributed by atoms with Crippen molar-refractivity contribution in [3.05, 3.63) is 54.1 Å². The minimum atomic E-state index is -4.59. The standard InChI is InChI=1S/C21H17F3N4O2/c22-21(23,24)13-5-1-2-6-14(13)25-18(29)11-17-19(30)27(12-9-10-12)20-26-15-7-3-4-8-16(15)28(17)20/h1-8,12,17H,9-11H2,(H,25,29)/t17-/m0/s1. The second-order valence-corrected chi connectivity index (χ2v) is 7.52. The van der Waals surface area contributed by atoms with Gasteiger partial charge in [-0.05, 0) is 37.1 Å². The molecule has 1 aromatic heterocycles. The molecule has 0 unspecified atom stereocenters. The SMILES string of the molecule is O=C(C[C@H]1C(=O)N(C2CC2)c2nc3ccccc3n21)Nc1ccccc1C(F)(F)F. The van der Waals surface area contributed by atoms with E-state index in [9.17, 15) is 22.8 Å². The summed E-state index contributed by atoms with van der Waals surface area (Å²) < 4.78 is 41.4. The van der Waals surface area contributed by atoms with Gasteiger partial charge in [0.1, 0.15) is 6.04 Å². The topological polar surface area (TPSA) is 67.2 Å². The van der Waals surface area contributed by atoms with Gasteiger partial charge in [0.2, 0.25) is 11.9 Å². The first-order valence-corrected chi connectivity index (χ1v) is 9.60. The number of aromatic nitrogens is 2. The zero-order chi connectivity index (χ0) is 21.0. The highest BCUT2D eigenvalue weighted by atomic mass is 19.4. The van der Waals surface area contributed by atoms with Gasteiger partial charge in [0, 0.05) is 6.04 Å². The smallest absolute Gasteiger partial charge is 0.325 e. The lowest BCUT2D eigenvalue weighted by molar-refractivity contribution is -0.137. The van der Waals surface area contributed by atoms with Gasteiger partial charge < -0.3 is 5.32 Å². The van der Waals surface area contributed by atoms with Crippen LogP contribution in [0.1, 0.15) is 30.9 Å². The molecule has 0 spiro atoms. The maximum atomic E-state index is 13.2. The Morgan fingerprint density at radius 2 is 1.80 bits per heavy atom. The molecule has 1 N–H and O–H groups in total. The molecule has 2 amide bonds. The van der Waals surface area contributed by atoms with Crippen molar-refractivity contribution in [3.63, 3.8) is 0 Å². The number of benzene rings is 2. The fourth-order valence-electron chi connectivity index (χ4n) is 3.95. The number of para-hydroxylation sites is 3. The number of fused-ring (bicyclic) bond motifs is 3. The van der Waals surface area contributed by atoms with Crippen molar-refractivity contribution in [2.24, 2.45) is 0 Å². The summed E-state index contributed by atoms with van der Waals surface area (Å²) in [4.78, 5) is 31.9. The summed E-state index contributed by atoms with van der Waals surface area (Å²) in [5.74, 6) is -0.409. The fourth-order valence-corrected chi connectivity index (χ4v) is 3.95. The van der Waals surface area contributed by atoms with E-state index < -0.39 is 23.7 Å². The van der Waals surface area contributed by atoms with Gasteiger partial charge in [-0.25, -0.2) is 4.98 Å². The molecule has 5 rings (SSSR count). The van der Waals surface area contributed by atoms with Gasteiger partial charge in [0.15, 0.2) is 0 Å². The van der Waals surface area contributed by atoms with Crippen molar-refractivity contribution < 1.29 is 22.8 Å². The van der Waals surface area contributed by atoms with Crippen LogP contribution in [-0.4, -0.2) is 27.4 Å². The van der Waals surface area contributed by atoms with E-state index in [2.05, 4.69) is 10.3 Å². The summed E-state index contributed by atoms with van der Waals surface area (Å²) >= 11 is 0. The number of alkyl halides is 3. The lowest BCUT2D eigenvalue weighted by Gasteiger charge is -2.16. The zero-order valence-electron chi connectivity index (χ0n) is 15.7. The number of halogens is 3. The summed E-state index contributed by atoms with van der Waals surface area (Å²) in [7, 11) is 0. The third-order valence-electron chi connectivity index (χ3n) is 5.42. The zero-order valence-corrected chi connectivity index (χ0v) is 15.7. The minimum Gasteiger partial charge on any atom is -0.325 e. The summed E-state index contributed by atoms with van der Waals surface area (Å²) in [6, 6.07) is 11.3. The minimum absolute atomic E-state index is 0.0621. The Labute approximate surface area is 169 Å². The van der Waals surface area contributed by atoms with Gasteiger partial charge >= 0.3 is 6.18 Å². The predicted molar refractivity (Wildman–Crippen MR) is 104 cm³/mol. The van der Waals surface area contributed by atoms with E-state index in [1.807, 2.05) is 24.3 Å². The monoisotopic (exact) mass is 414 g/mol. The van der Waals surface area contributed by atoms with Crippen LogP contribution in [0.5, 0.6) is 0 Å². The quantitative estimate of drug-likeness (QED) is 0.698. The first kappa shape index (κ1) is 18.7. The molecule has 6 nitrogen and oxygen atoms in total. The number of hydrogen-bond donors (Lipinski definition) is 1. The van der Waals surface area contributed by atoms with Crippen molar-refractivity contribution in [1.82, 2.24) is 9.55 Å². The number of hydrogen-bond acceptors (Lipinski definition) is 3. The molecule has 154 valence electrons. The Balaban J connectivity index is 1.46. The maximum Gasteiger partial charge on any atom is 0.418 e. The van der Waals surface area contributed by atoms with E-state index in [1.165, 1.54) is 18.2 Å². The van der Waals surface area contributed by atoms with Gasteiger partial charge in [-0.3, -0.25) is 19.1 Å². The second kappa shape index (κ2) is 6.58.